The largest absolute Gasteiger partial charge is 0.507 e. The van der Waals surface area contributed by atoms with E-state index in [1.165, 1.54) is 12.1 Å². The van der Waals surface area contributed by atoms with Crippen molar-refractivity contribution >= 4 is 5.97 Å². The van der Waals surface area contributed by atoms with Crippen molar-refractivity contribution in [2.45, 2.75) is 32.4 Å². The van der Waals surface area contributed by atoms with Gasteiger partial charge < -0.3 is 15.6 Å². The third kappa shape index (κ3) is 3.34. The van der Waals surface area contributed by atoms with Gasteiger partial charge in [-0.3, -0.25) is 0 Å². The van der Waals surface area contributed by atoms with Crippen molar-refractivity contribution in [1.29, 1.82) is 0 Å². The van der Waals surface area contributed by atoms with Gasteiger partial charge in [-0.1, -0.05) is 18.2 Å². The second kappa shape index (κ2) is 5.23. The number of nitrogens with two attached hydrogens (primary N) is 1. The summed E-state index contributed by atoms with van der Waals surface area (Å²) >= 11 is 0. The van der Waals surface area contributed by atoms with Gasteiger partial charge >= 0.3 is 5.97 Å². The molecule has 0 saturated heterocycles. The van der Waals surface area contributed by atoms with Crippen molar-refractivity contribution in [3.8, 4) is 5.75 Å². The van der Waals surface area contributed by atoms with Crippen LogP contribution in [-0.2, 0) is 4.74 Å². The number of ether oxygens (including phenoxy) is 1. The molecule has 0 aromatic heterocycles. The summed E-state index contributed by atoms with van der Waals surface area (Å²) in [6.07, 6.45) is 1.49. The van der Waals surface area contributed by atoms with Crippen molar-refractivity contribution in [3.63, 3.8) is 0 Å². The monoisotopic (exact) mass is 249 g/mol. The summed E-state index contributed by atoms with van der Waals surface area (Å²) in [6, 6.07) is 4.28. The third-order valence-electron chi connectivity index (χ3n) is 2.30. The van der Waals surface area contributed by atoms with E-state index in [2.05, 4.69) is 6.58 Å². The smallest absolute Gasteiger partial charge is 0.342 e. The molecule has 0 saturated carbocycles. The summed E-state index contributed by atoms with van der Waals surface area (Å²) in [4.78, 5) is 11.9. The Bertz CT molecular complexity index is 461. The average molecular weight is 249 g/mol. The first-order valence-electron chi connectivity index (χ1n) is 5.69. The minimum atomic E-state index is -0.611. The number of rotatable bonds is 3. The molecule has 0 aliphatic rings. The lowest BCUT2D eigenvalue weighted by Crippen LogP contribution is -2.24. The van der Waals surface area contributed by atoms with Crippen molar-refractivity contribution < 1.29 is 14.6 Å². The number of phenolic OH excluding ortho intramolecular Hbond substituents is 1. The Morgan fingerprint density at radius 1 is 1.50 bits per heavy atom. The van der Waals surface area contributed by atoms with Gasteiger partial charge in [0.25, 0.3) is 0 Å². The van der Waals surface area contributed by atoms with E-state index < -0.39 is 17.6 Å². The number of benzene rings is 1. The van der Waals surface area contributed by atoms with Crippen molar-refractivity contribution in [2.75, 3.05) is 0 Å². The molecule has 1 unspecified atom stereocenters. The molecule has 1 rings (SSSR count). The summed E-state index contributed by atoms with van der Waals surface area (Å²) in [6.45, 7) is 8.86. The van der Waals surface area contributed by atoms with Gasteiger partial charge in [-0.25, -0.2) is 4.79 Å². The van der Waals surface area contributed by atoms with Gasteiger partial charge in [-0.05, 0) is 26.8 Å². The predicted molar refractivity (Wildman–Crippen MR) is 70.4 cm³/mol. The van der Waals surface area contributed by atoms with Crippen molar-refractivity contribution in [1.82, 2.24) is 0 Å². The molecule has 1 aromatic rings. The number of carbonyl (C=O) groups is 1. The molecular formula is C14H19NO3. The van der Waals surface area contributed by atoms with Crippen LogP contribution in [0.4, 0.5) is 0 Å². The molecular weight excluding hydrogens is 230 g/mol. The topological polar surface area (TPSA) is 72.6 Å². The zero-order chi connectivity index (χ0) is 13.9. The Hall–Kier alpha value is -1.81. The Kier molecular flexibility index (Phi) is 4.14. The van der Waals surface area contributed by atoms with Gasteiger partial charge in [0.1, 0.15) is 16.9 Å². The Morgan fingerprint density at radius 3 is 2.61 bits per heavy atom. The van der Waals surface area contributed by atoms with Gasteiger partial charge in [0.05, 0.1) is 6.04 Å². The summed E-state index contributed by atoms with van der Waals surface area (Å²) in [5.74, 6) is -0.725. The number of carbonyl (C=O) groups excluding carboxylic acids is 1. The van der Waals surface area contributed by atoms with Crippen LogP contribution in [0, 0.1) is 0 Å². The molecule has 0 radical (unpaired) electrons. The van der Waals surface area contributed by atoms with Crippen LogP contribution in [0.25, 0.3) is 0 Å². The van der Waals surface area contributed by atoms with Crippen LogP contribution in [-0.4, -0.2) is 16.7 Å². The second-order valence-corrected chi connectivity index (χ2v) is 5.01. The Morgan fingerprint density at radius 2 is 2.11 bits per heavy atom. The van der Waals surface area contributed by atoms with E-state index in [0.29, 0.717) is 5.56 Å². The van der Waals surface area contributed by atoms with E-state index in [0.717, 1.165) is 0 Å². The highest BCUT2D eigenvalue weighted by Gasteiger charge is 2.22. The standard InChI is InChI=1S/C14H19NO3/c1-5-11(15)9-7-6-8-10(12(9)16)13(17)18-14(2,3)4/h5-8,11,16H,1,15H2,2-4H3. The summed E-state index contributed by atoms with van der Waals surface area (Å²) in [5, 5.41) is 10.0. The molecule has 4 heteroatoms. The van der Waals surface area contributed by atoms with E-state index in [9.17, 15) is 9.90 Å². The predicted octanol–water partition coefficient (Wildman–Crippen LogP) is 2.53. The lowest BCUT2D eigenvalue weighted by Gasteiger charge is -2.20. The lowest BCUT2D eigenvalue weighted by atomic mass is 10.0. The molecule has 1 aromatic carbocycles. The zero-order valence-corrected chi connectivity index (χ0v) is 10.9. The minimum Gasteiger partial charge on any atom is -0.507 e. The summed E-state index contributed by atoms with van der Waals surface area (Å²) < 4.78 is 5.21. The highest BCUT2D eigenvalue weighted by Crippen LogP contribution is 2.28. The molecule has 0 bridgehead atoms. The van der Waals surface area contributed by atoms with Crippen LogP contribution in [0.3, 0.4) is 0 Å². The molecule has 0 spiro atoms. The van der Waals surface area contributed by atoms with Crippen LogP contribution in [0.1, 0.15) is 42.7 Å². The molecule has 0 heterocycles. The van der Waals surface area contributed by atoms with E-state index in [1.807, 2.05) is 0 Å². The fourth-order valence-electron chi connectivity index (χ4n) is 1.46. The van der Waals surface area contributed by atoms with Gasteiger partial charge in [-0.15, -0.1) is 6.58 Å². The van der Waals surface area contributed by atoms with E-state index in [1.54, 1.807) is 32.9 Å². The van der Waals surface area contributed by atoms with Crippen LogP contribution in [0.15, 0.2) is 30.9 Å². The van der Waals surface area contributed by atoms with Crippen LogP contribution < -0.4 is 5.73 Å². The molecule has 3 N–H and O–H groups in total. The number of esters is 1. The maximum atomic E-state index is 11.9. The van der Waals surface area contributed by atoms with E-state index in [-0.39, 0.29) is 11.3 Å². The van der Waals surface area contributed by atoms with Gasteiger partial charge in [0.2, 0.25) is 0 Å². The maximum absolute atomic E-state index is 11.9. The third-order valence-corrected chi connectivity index (χ3v) is 2.30. The van der Waals surface area contributed by atoms with Crippen molar-refractivity contribution in [3.05, 3.63) is 42.0 Å². The first-order chi connectivity index (χ1) is 8.26. The molecule has 4 nitrogen and oxygen atoms in total. The number of phenols is 1. The lowest BCUT2D eigenvalue weighted by molar-refractivity contribution is 0.00666. The fourth-order valence-corrected chi connectivity index (χ4v) is 1.46. The van der Waals surface area contributed by atoms with Gasteiger partial charge in [-0.2, -0.15) is 0 Å². The van der Waals surface area contributed by atoms with Crippen molar-refractivity contribution in [2.24, 2.45) is 5.73 Å². The van der Waals surface area contributed by atoms with Crippen LogP contribution in [0.5, 0.6) is 5.75 Å². The first kappa shape index (κ1) is 14.3. The van der Waals surface area contributed by atoms with Crippen LogP contribution >= 0.6 is 0 Å². The molecule has 18 heavy (non-hydrogen) atoms. The average Bonchev–Trinajstić information content (AvgIpc) is 2.26. The molecule has 1 atom stereocenters. The molecule has 0 fully saturated rings. The second-order valence-electron chi connectivity index (χ2n) is 5.01. The minimum absolute atomic E-state index is 0.111. The Labute approximate surface area is 107 Å². The first-order valence-corrected chi connectivity index (χ1v) is 5.69. The van der Waals surface area contributed by atoms with E-state index in [4.69, 9.17) is 10.5 Å². The van der Waals surface area contributed by atoms with Crippen LogP contribution in [0.2, 0.25) is 0 Å². The van der Waals surface area contributed by atoms with Gasteiger partial charge in [0.15, 0.2) is 0 Å². The molecule has 98 valence electrons. The summed E-state index contributed by atoms with van der Waals surface area (Å²) in [5.41, 5.74) is 5.71. The quantitative estimate of drug-likeness (QED) is 0.637. The summed E-state index contributed by atoms with van der Waals surface area (Å²) in [7, 11) is 0. The normalized spacial score (nSPS) is 12.9. The highest BCUT2D eigenvalue weighted by molar-refractivity contribution is 5.93. The number of hydrogen-bond acceptors (Lipinski definition) is 4. The molecule has 0 aliphatic carbocycles. The fraction of sp³-hybridized carbons (Fsp3) is 0.357. The van der Waals surface area contributed by atoms with E-state index >= 15 is 0 Å². The molecule has 0 aliphatic heterocycles. The highest BCUT2D eigenvalue weighted by atomic mass is 16.6. The Balaban J connectivity index is 3.11. The zero-order valence-electron chi connectivity index (χ0n) is 10.9. The maximum Gasteiger partial charge on any atom is 0.342 e. The molecule has 0 amide bonds. The number of hydrogen-bond donors (Lipinski definition) is 2. The van der Waals surface area contributed by atoms with Gasteiger partial charge in [0, 0.05) is 5.56 Å². The SMILES string of the molecule is C=CC(N)c1cccc(C(=O)OC(C)(C)C)c1O. The number of aromatic hydroxyl groups is 1. The number of para-hydroxylation sites is 1.